The molecule has 0 radical (unpaired) electrons. The molecule has 0 aromatic heterocycles. The first-order chi connectivity index (χ1) is 13.4. The van der Waals surface area contributed by atoms with Crippen LogP contribution < -0.4 is 5.32 Å². The van der Waals surface area contributed by atoms with Gasteiger partial charge in [0.25, 0.3) is 0 Å². The predicted molar refractivity (Wildman–Crippen MR) is 105 cm³/mol. The van der Waals surface area contributed by atoms with E-state index < -0.39 is 12.0 Å². The molecule has 2 unspecified atom stereocenters. The van der Waals surface area contributed by atoms with Crippen molar-refractivity contribution in [2.45, 2.75) is 45.6 Å². The molecule has 2 aliphatic rings. The van der Waals surface area contributed by atoms with Crippen LogP contribution in [0.5, 0.6) is 0 Å². The van der Waals surface area contributed by atoms with E-state index in [-0.39, 0.29) is 17.9 Å². The van der Waals surface area contributed by atoms with Gasteiger partial charge in [0.15, 0.2) is 6.04 Å². The second kappa shape index (κ2) is 8.63. The quantitative estimate of drug-likeness (QED) is 0.830. The van der Waals surface area contributed by atoms with Crippen LogP contribution >= 0.6 is 0 Å². The highest BCUT2D eigenvalue weighted by molar-refractivity contribution is 5.87. The minimum Gasteiger partial charge on any atom is -0.479 e. The summed E-state index contributed by atoms with van der Waals surface area (Å²) in [5.74, 6) is -1.76. The van der Waals surface area contributed by atoms with Gasteiger partial charge in [-0.25, -0.2) is 9.59 Å². The fourth-order valence-electron chi connectivity index (χ4n) is 4.09. The number of carboxylic acid groups (broad SMARTS) is 1. The number of hydrogen-bond acceptors (Lipinski definition) is 3. The van der Waals surface area contributed by atoms with Crippen LogP contribution in [0, 0.1) is 19.8 Å². The van der Waals surface area contributed by atoms with Crippen molar-refractivity contribution in [1.82, 2.24) is 15.1 Å². The van der Waals surface area contributed by atoms with Crippen molar-refractivity contribution in [2.75, 3.05) is 26.2 Å². The Hall–Kier alpha value is -2.57. The Kier molecular flexibility index (Phi) is 6.21. The molecular weight excluding hydrogens is 358 g/mol. The van der Waals surface area contributed by atoms with Crippen LogP contribution in [-0.2, 0) is 9.59 Å². The highest BCUT2D eigenvalue weighted by atomic mass is 16.4. The summed E-state index contributed by atoms with van der Waals surface area (Å²) in [4.78, 5) is 40.9. The van der Waals surface area contributed by atoms with E-state index in [1.165, 1.54) is 0 Å². The number of carbonyl (C=O) groups excluding carboxylic acids is 2. The van der Waals surface area contributed by atoms with Gasteiger partial charge in [0, 0.05) is 26.2 Å². The molecule has 2 heterocycles. The van der Waals surface area contributed by atoms with Gasteiger partial charge in [-0.3, -0.25) is 4.79 Å². The largest absolute Gasteiger partial charge is 0.479 e. The van der Waals surface area contributed by atoms with Crippen LogP contribution in [0.2, 0.25) is 0 Å². The molecule has 28 heavy (non-hydrogen) atoms. The molecule has 0 saturated carbocycles. The molecule has 7 heteroatoms. The first kappa shape index (κ1) is 20.2. The Morgan fingerprint density at radius 1 is 1.07 bits per heavy atom. The van der Waals surface area contributed by atoms with Crippen molar-refractivity contribution in [3.8, 4) is 0 Å². The zero-order valence-electron chi connectivity index (χ0n) is 16.6. The number of urea groups is 1. The number of carboxylic acids is 1. The minimum absolute atomic E-state index is 0.000636. The van der Waals surface area contributed by atoms with E-state index in [0.29, 0.717) is 25.1 Å². The number of aryl methyl sites for hydroxylation is 1. The van der Waals surface area contributed by atoms with Crippen molar-refractivity contribution in [3.05, 3.63) is 34.9 Å². The normalized spacial score (nSPS) is 20.7. The Labute approximate surface area is 165 Å². The van der Waals surface area contributed by atoms with Crippen LogP contribution in [0.1, 0.15) is 48.4 Å². The molecule has 2 atom stereocenters. The van der Waals surface area contributed by atoms with Gasteiger partial charge in [0.1, 0.15) is 0 Å². The summed E-state index contributed by atoms with van der Waals surface area (Å²) in [6.07, 6.45) is 3.47. The Morgan fingerprint density at radius 3 is 2.43 bits per heavy atom. The first-order valence-electron chi connectivity index (χ1n) is 10.0. The molecule has 0 aliphatic carbocycles. The molecule has 1 aromatic rings. The number of nitrogens with zero attached hydrogens (tertiary/aromatic N) is 2. The summed E-state index contributed by atoms with van der Waals surface area (Å²) in [5.41, 5.74) is 2.45. The predicted octanol–water partition coefficient (Wildman–Crippen LogP) is 2.47. The lowest BCUT2D eigenvalue weighted by atomic mass is 9.94. The lowest BCUT2D eigenvalue weighted by Crippen LogP contribution is -2.50. The molecule has 1 aromatic carbocycles. The van der Waals surface area contributed by atoms with Crippen molar-refractivity contribution in [2.24, 2.45) is 5.92 Å². The lowest BCUT2D eigenvalue weighted by molar-refractivity contribution is -0.143. The maximum atomic E-state index is 12.8. The second-order valence-electron chi connectivity index (χ2n) is 7.83. The molecule has 0 spiro atoms. The number of aliphatic carboxylic acids is 1. The van der Waals surface area contributed by atoms with Gasteiger partial charge in [-0.05, 0) is 56.2 Å². The summed E-state index contributed by atoms with van der Waals surface area (Å²) >= 11 is 0. The number of likely N-dealkylation sites (tertiary alicyclic amines) is 2. The molecular formula is C21H29N3O4. The lowest BCUT2D eigenvalue weighted by Gasteiger charge is -2.35. The minimum atomic E-state index is -1.09. The zero-order valence-corrected chi connectivity index (χ0v) is 16.6. The van der Waals surface area contributed by atoms with E-state index in [4.69, 9.17) is 0 Å². The summed E-state index contributed by atoms with van der Waals surface area (Å²) in [7, 11) is 0. The molecule has 7 nitrogen and oxygen atoms in total. The van der Waals surface area contributed by atoms with E-state index in [2.05, 4.69) is 5.32 Å². The number of nitrogens with one attached hydrogen (secondary N) is 1. The summed E-state index contributed by atoms with van der Waals surface area (Å²) in [6, 6.07) is 4.38. The van der Waals surface area contributed by atoms with Gasteiger partial charge in [0.05, 0.1) is 5.92 Å². The monoisotopic (exact) mass is 387 g/mol. The van der Waals surface area contributed by atoms with Crippen molar-refractivity contribution in [3.63, 3.8) is 0 Å². The van der Waals surface area contributed by atoms with Crippen molar-refractivity contribution in [1.29, 1.82) is 0 Å². The number of piperidine rings is 1. The SMILES string of the molecule is Cc1cccc(C(NC(=O)C2CCCN(C(=O)N3CCCC3)C2)C(=O)O)c1C. The highest BCUT2D eigenvalue weighted by Gasteiger charge is 2.33. The van der Waals surface area contributed by atoms with Gasteiger partial charge >= 0.3 is 12.0 Å². The Bertz CT molecular complexity index is 758. The van der Waals surface area contributed by atoms with Gasteiger partial charge in [0.2, 0.25) is 5.91 Å². The molecule has 0 bridgehead atoms. The average molecular weight is 387 g/mol. The summed E-state index contributed by atoms with van der Waals surface area (Å²) in [5, 5.41) is 12.4. The van der Waals surface area contributed by atoms with E-state index in [0.717, 1.165) is 43.5 Å². The van der Waals surface area contributed by atoms with Crippen molar-refractivity contribution < 1.29 is 19.5 Å². The Balaban J connectivity index is 1.68. The zero-order chi connectivity index (χ0) is 20.3. The fraction of sp³-hybridized carbons (Fsp3) is 0.571. The molecule has 2 saturated heterocycles. The number of amides is 3. The number of hydrogen-bond donors (Lipinski definition) is 2. The molecule has 152 valence electrons. The molecule has 3 amide bonds. The number of benzene rings is 1. The molecule has 2 aliphatic heterocycles. The van der Waals surface area contributed by atoms with Crippen LogP contribution in [0.4, 0.5) is 4.79 Å². The van der Waals surface area contributed by atoms with Gasteiger partial charge in [-0.2, -0.15) is 0 Å². The second-order valence-corrected chi connectivity index (χ2v) is 7.83. The fourth-order valence-corrected chi connectivity index (χ4v) is 4.09. The first-order valence-corrected chi connectivity index (χ1v) is 10.0. The van der Waals surface area contributed by atoms with E-state index in [1.807, 2.05) is 24.8 Å². The number of rotatable bonds is 4. The van der Waals surface area contributed by atoms with Crippen LogP contribution in [0.25, 0.3) is 0 Å². The maximum absolute atomic E-state index is 12.8. The van der Waals surface area contributed by atoms with E-state index in [1.54, 1.807) is 17.0 Å². The smallest absolute Gasteiger partial charge is 0.330 e. The van der Waals surface area contributed by atoms with Gasteiger partial charge in [-0.1, -0.05) is 18.2 Å². The molecule has 3 rings (SSSR count). The van der Waals surface area contributed by atoms with Gasteiger partial charge in [-0.15, -0.1) is 0 Å². The third-order valence-corrected chi connectivity index (χ3v) is 5.93. The molecule has 2 fully saturated rings. The summed E-state index contributed by atoms with van der Waals surface area (Å²) in [6.45, 7) is 6.34. The third-order valence-electron chi connectivity index (χ3n) is 5.93. The van der Waals surface area contributed by atoms with Crippen molar-refractivity contribution >= 4 is 17.9 Å². The van der Waals surface area contributed by atoms with Gasteiger partial charge < -0.3 is 20.2 Å². The molecule has 2 N–H and O–H groups in total. The average Bonchev–Trinajstić information content (AvgIpc) is 3.22. The topological polar surface area (TPSA) is 90.0 Å². The van der Waals surface area contributed by atoms with Crippen LogP contribution in [0.15, 0.2) is 18.2 Å². The maximum Gasteiger partial charge on any atom is 0.330 e. The van der Waals surface area contributed by atoms with Crippen LogP contribution in [-0.4, -0.2) is 59.0 Å². The standard InChI is InChI=1S/C21H29N3O4/c1-14-7-5-9-17(15(14)2)18(20(26)27)22-19(25)16-8-6-12-24(13-16)21(28)23-10-3-4-11-23/h5,7,9,16,18H,3-4,6,8,10-13H2,1-2H3,(H,22,25)(H,26,27). The van der Waals surface area contributed by atoms with Crippen LogP contribution in [0.3, 0.4) is 0 Å². The highest BCUT2D eigenvalue weighted by Crippen LogP contribution is 2.24. The summed E-state index contributed by atoms with van der Waals surface area (Å²) < 4.78 is 0. The van der Waals surface area contributed by atoms with E-state index in [9.17, 15) is 19.5 Å². The number of carbonyl (C=O) groups is 3. The van der Waals surface area contributed by atoms with E-state index >= 15 is 0 Å². The Morgan fingerprint density at radius 2 is 1.75 bits per heavy atom. The third kappa shape index (κ3) is 4.29.